The Morgan fingerprint density at radius 1 is 1.03 bits per heavy atom. The number of hydrogen-bond acceptors (Lipinski definition) is 5. The molecule has 0 N–H and O–H groups in total. The largest absolute Gasteiger partial charge is 0.358 e. The van der Waals surface area contributed by atoms with Crippen LogP contribution in [0.4, 0.5) is 0 Å². The fraction of sp³-hybridized carbons (Fsp3) is 0.217. The number of aromatic nitrogens is 2. The molecular formula is C23H23ClN2O4S. The number of carbonyl (C=O) groups is 1. The van der Waals surface area contributed by atoms with Crippen LogP contribution in [0.3, 0.4) is 0 Å². The summed E-state index contributed by atoms with van der Waals surface area (Å²) in [5, 5.41) is 4.59. The fourth-order valence-electron chi connectivity index (χ4n) is 3.20. The number of ketones is 1. The third-order valence-corrected chi connectivity index (χ3v) is 6.68. The van der Waals surface area contributed by atoms with Crippen molar-refractivity contribution >= 4 is 33.1 Å². The second-order valence-electron chi connectivity index (χ2n) is 7.39. The molecule has 3 aromatic rings. The van der Waals surface area contributed by atoms with Gasteiger partial charge in [-0.3, -0.25) is 4.79 Å². The first-order chi connectivity index (χ1) is 14.5. The maximum Gasteiger partial charge on any atom is 0.340 e. The molecule has 0 saturated carbocycles. The highest BCUT2D eigenvalue weighted by Crippen LogP contribution is 2.33. The molecule has 0 saturated heterocycles. The van der Waals surface area contributed by atoms with E-state index in [9.17, 15) is 13.2 Å². The summed E-state index contributed by atoms with van der Waals surface area (Å²) in [6.45, 7) is 7.71. The van der Waals surface area contributed by atoms with Crippen molar-refractivity contribution in [3.05, 3.63) is 81.5 Å². The molecule has 2 aromatic carbocycles. The van der Waals surface area contributed by atoms with E-state index in [4.69, 9.17) is 15.8 Å². The van der Waals surface area contributed by atoms with Gasteiger partial charge < -0.3 is 4.18 Å². The Bertz CT molecular complexity index is 1290. The van der Waals surface area contributed by atoms with Crippen LogP contribution >= 0.6 is 11.6 Å². The molecule has 0 radical (unpaired) electrons. The van der Waals surface area contributed by atoms with Crippen molar-refractivity contribution in [3.8, 4) is 5.88 Å². The van der Waals surface area contributed by atoms with Crippen LogP contribution in [0.2, 0.25) is 5.02 Å². The molecule has 8 heteroatoms. The lowest BCUT2D eigenvalue weighted by Crippen LogP contribution is -2.15. The van der Waals surface area contributed by atoms with Gasteiger partial charge in [0.15, 0.2) is 5.78 Å². The van der Waals surface area contributed by atoms with Gasteiger partial charge in [-0.05, 0) is 68.7 Å². The highest BCUT2D eigenvalue weighted by atomic mass is 35.5. The predicted octanol–water partition coefficient (Wildman–Crippen LogP) is 5.19. The minimum absolute atomic E-state index is 0.0151. The van der Waals surface area contributed by atoms with Gasteiger partial charge in [-0.15, -0.1) is 0 Å². The van der Waals surface area contributed by atoms with E-state index < -0.39 is 15.9 Å². The zero-order valence-electron chi connectivity index (χ0n) is 17.9. The molecule has 0 aliphatic carbocycles. The molecule has 0 amide bonds. The number of benzene rings is 2. The standard InChI is InChI=1S/C23H23ClN2O4S/c1-14(2)15(3)21-16(4)18(11-12-20(21)24)22(27)19-13-25-26(5)23(19)30-31(28,29)17-9-7-6-8-10-17/h6-13H,1-5H3. The molecule has 3 rings (SSSR count). The van der Waals surface area contributed by atoms with Gasteiger partial charge >= 0.3 is 10.1 Å². The lowest BCUT2D eigenvalue weighted by molar-refractivity contribution is 0.103. The Balaban J connectivity index is 2.08. The fourth-order valence-corrected chi connectivity index (χ4v) is 4.54. The summed E-state index contributed by atoms with van der Waals surface area (Å²) >= 11 is 6.42. The van der Waals surface area contributed by atoms with Gasteiger partial charge in [0, 0.05) is 17.6 Å². The number of carbonyl (C=O) groups excluding carboxylic acids is 1. The van der Waals surface area contributed by atoms with E-state index in [-0.39, 0.29) is 16.3 Å². The Labute approximate surface area is 187 Å². The van der Waals surface area contributed by atoms with Crippen molar-refractivity contribution in [1.82, 2.24) is 9.78 Å². The van der Waals surface area contributed by atoms with E-state index in [1.54, 1.807) is 30.3 Å². The lowest BCUT2D eigenvalue weighted by Gasteiger charge is -2.15. The summed E-state index contributed by atoms with van der Waals surface area (Å²) in [7, 11) is -2.62. The molecule has 162 valence electrons. The monoisotopic (exact) mass is 458 g/mol. The third-order valence-electron chi connectivity index (χ3n) is 5.13. The first kappa shape index (κ1) is 22.8. The predicted molar refractivity (Wildman–Crippen MR) is 121 cm³/mol. The van der Waals surface area contributed by atoms with Crippen LogP contribution in [0, 0.1) is 6.92 Å². The van der Waals surface area contributed by atoms with E-state index in [1.807, 2.05) is 27.7 Å². The topological polar surface area (TPSA) is 78.3 Å². The summed E-state index contributed by atoms with van der Waals surface area (Å²) < 4.78 is 31.9. The molecule has 0 atom stereocenters. The van der Waals surface area contributed by atoms with E-state index >= 15 is 0 Å². The first-order valence-electron chi connectivity index (χ1n) is 9.54. The summed E-state index contributed by atoms with van der Waals surface area (Å²) in [6.07, 6.45) is 1.31. The van der Waals surface area contributed by atoms with Crippen LogP contribution in [0.25, 0.3) is 5.57 Å². The van der Waals surface area contributed by atoms with Gasteiger partial charge in [0.2, 0.25) is 5.88 Å². The van der Waals surface area contributed by atoms with Crippen LogP contribution < -0.4 is 4.18 Å². The minimum Gasteiger partial charge on any atom is -0.358 e. The molecule has 0 bridgehead atoms. The van der Waals surface area contributed by atoms with Crippen LogP contribution in [0.15, 0.2) is 59.1 Å². The van der Waals surface area contributed by atoms with Crippen molar-refractivity contribution in [2.45, 2.75) is 32.6 Å². The smallest absolute Gasteiger partial charge is 0.340 e. The Hall–Kier alpha value is -2.90. The van der Waals surface area contributed by atoms with E-state index in [2.05, 4.69) is 5.10 Å². The Morgan fingerprint density at radius 2 is 1.68 bits per heavy atom. The molecule has 0 aliphatic heterocycles. The normalized spacial score (nSPS) is 11.3. The number of halogens is 1. The van der Waals surface area contributed by atoms with Crippen molar-refractivity contribution in [3.63, 3.8) is 0 Å². The molecule has 0 spiro atoms. The molecule has 31 heavy (non-hydrogen) atoms. The maximum absolute atomic E-state index is 13.4. The van der Waals surface area contributed by atoms with Crippen molar-refractivity contribution in [2.24, 2.45) is 7.05 Å². The zero-order valence-corrected chi connectivity index (χ0v) is 19.5. The van der Waals surface area contributed by atoms with Gasteiger partial charge in [0.25, 0.3) is 0 Å². The molecule has 0 unspecified atom stereocenters. The molecule has 0 aliphatic rings. The minimum atomic E-state index is -4.14. The average Bonchev–Trinajstić information content (AvgIpc) is 3.08. The van der Waals surface area contributed by atoms with Gasteiger partial charge in [0.1, 0.15) is 10.5 Å². The Kier molecular flexibility index (Phi) is 6.38. The number of aryl methyl sites for hydroxylation is 1. The molecule has 6 nitrogen and oxygen atoms in total. The molecule has 1 aromatic heterocycles. The second kappa shape index (κ2) is 8.69. The van der Waals surface area contributed by atoms with E-state index in [0.717, 1.165) is 16.7 Å². The van der Waals surface area contributed by atoms with Crippen LogP contribution in [-0.2, 0) is 17.2 Å². The first-order valence-corrected chi connectivity index (χ1v) is 11.3. The highest BCUT2D eigenvalue weighted by molar-refractivity contribution is 7.87. The number of rotatable bonds is 6. The van der Waals surface area contributed by atoms with Crippen molar-refractivity contribution < 1.29 is 17.4 Å². The van der Waals surface area contributed by atoms with Crippen LogP contribution in [-0.4, -0.2) is 24.0 Å². The van der Waals surface area contributed by atoms with Gasteiger partial charge in [0.05, 0.1) is 6.20 Å². The number of nitrogens with zero attached hydrogens (tertiary/aromatic N) is 2. The van der Waals surface area contributed by atoms with E-state index in [0.29, 0.717) is 16.1 Å². The third kappa shape index (κ3) is 4.43. The van der Waals surface area contributed by atoms with Crippen molar-refractivity contribution in [1.29, 1.82) is 0 Å². The summed E-state index contributed by atoms with van der Waals surface area (Å²) in [4.78, 5) is 13.4. The molecule has 0 fully saturated rings. The van der Waals surface area contributed by atoms with E-state index in [1.165, 1.54) is 30.1 Å². The lowest BCUT2D eigenvalue weighted by atomic mass is 9.92. The Morgan fingerprint density at radius 3 is 2.29 bits per heavy atom. The average molecular weight is 459 g/mol. The number of hydrogen-bond donors (Lipinski definition) is 0. The van der Waals surface area contributed by atoms with Gasteiger partial charge in [-0.25, -0.2) is 4.68 Å². The van der Waals surface area contributed by atoms with Gasteiger partial charge in [-0.2, -0.15) is 13.5 Å². The van der Waals surface area contributed by atoms with Gasteiger partial charge in [-0.1, -0.05) is 35.4 Å². The quantitative estimate of drug-likeness (QED) is 0.375. The van der Waals surface area contributed by atoms with Crippen molar-refractivity contribution in [2.75, 3.05) is 0 Å². The SMILES string of the molecule is CC(C)=C(C)c1c(Cl)ccc(C(=O)c2cnn(C)c2OS(=O)(=O)c2ccccc2)c1C. The molecular weight excluding hydrogens is 436 g/mol. The summed E-state index contributed by atoms with van der Waals surface area (Å²) in [5.41, 5.74) is 4.00. The molecule has 1 heterocycles. The van der Waals surface area contributed by atoms with Crippen LogP contribution in [0.1, 0.15) is 47.8 Å². The zero-order chi connectivity index (χ0) is 22.9. The maximum atomic E-state index is 13.4. The number of allylic oxidation sites excluding steroid dienone is 2. The highest BCUT2D eigenvalue weighted by Gasteiger charge is 2.27. The van der Waals surface area contributed by atoms with Crippen LogP contribution in [0.5, 0.6) is 5.88 Å². The summed E-state index contributed by atoms with van der Waals surface area (Å²) in [6, 6.07) is 11.0. The second-order valence-corrected chi connectivity index (χ2v) is 9.34. The summed E-state index contributed by atoms with van der Waals surface area (Å²) in [5.74, 6) is -0.549.